The van der Waals surface area contributed by atoms with Crippen molar-refractivity contribution in [3.05, 3.63) is 42.0 Å². The first-order valence-electron chi connectivity index (χ1n) is 10.7. The molecule has 3 rings (SSSR count). The molecule has 2 fully saturated rings. The van der Waals surface area contributed by atoms with Crippen molar-refractivity contribution in [2.75, 3.05) is 32.7 Å². The van der Waals surface area contributed by atoms with Crippen molar-refractivity contribution in [1.82, 2.24) is 15.1 Å². The first kappa shape index (κ1) is 26.5. The van der Waals surface area contributed by atoms with E-state index in [1.807, 2.05) is 32.0 Å². The summed E-state index contributed by atoms with van der Waals surface area (Å²) in [4.78, 5) is 40.2. The van der Waals surface area contributed by atoms with Crippen LogP contribution in [-0.2, 0) is 19.1 Å². The van der Waals surface area contributed by atoms with Gasteiger partial charge in [0.2, 0.25) is 5.91 Å². The number of hydrogen-bond donors (Lipinski definition) is 1. The third kappa shape index (κ3) is 7.71. The molecule has 1 aromatic carbocycles. The fourth-order valence-corrected chi connectivity index (χ4v) is 3.71. The molecule has 0 unspecified atom stereocenters. The van der Waals surface area contributed by atoms with Crippen molar-refractivity contribution in [2.24, 2.45) is 5.92 Å². The summed E-state index contributed by atoms with van der Waals surface area (Å²) in [7, 11) is 0. The Bertz CT molecular complexity index is 809. The molecule has 0 aromatic heterocycles. The molecule has 2 saturated heterocycles. The number of ether oxygens (including phenoxy) is 1. The van der Waals surface area contributed by atoms with Gasteiger partial charge in [-0.05, 0) is 17.9 Å². The fraction of sp³-hybridized carbons (Fsp3) is 0.522. The van der Waals surface area contributed by atoms with Crippen LogP contribution in [0, 0.1) is 5.92 Å². The summed E-state index contributed by atoms with van der Waals surface area (Å²) in [5.74, 6) is -1.93. The van der Waals surface area contributed by atoms with Crippen LogP contribution in [0.2, 0.25) is 0 Å². The number of carbonyl (C=O) groups excluding carboxylic acids is 3. The van der Waals surface area contributed by atoms with Gasteiger partial charge in [0.15, 0.2) is 6.10 Å². The molecule has 1 aromatic rings. The van der Waals surface area contributed by atoms with Gasteiger partial charge in [-0.1, -0.05) is 56.3 Å². The van der Waals surface area contributed by atoms with Crippen LogP contribution >= 0.6 is 0 Å². The van der Waals surface area contributed by atoms with E-state index in [0.717, 1.165) is 25.2 Å². The molecule has 168 valence electrons. The van der Waals surface area contributed by atoms with E-state index in [-0.39, 0.29) is 41.4 Å². The molecule has 2 heterocycles. The first-order valence-corrected chi connectivity index (χ1v) is 10.7. The van der Waals surface area contributed by atoms with Crippen molar-refractivity contribution in [3.63, 3.8) is 0 Å². The van der Waals surface area contributed by atoms with Crippen LogP contribution in [0.15, 0.2) is 36.4 Å². The third-order valence-corrected chi connectivity index (χ3v) is 5.46. The molecule has 3 atom stereocenters. The number of hydrogen-bond acceptors (Lipinski definition) is 6. The zero-order valence-corrected chi connectivity index (χ0v) is 21.0. The minimum Gasteiger partial charge on any atom is -0.547 e. The van der Waals surface area contributed by atoms with Crippen LogP contribution in [0.25, 0.3) is 6.08 Å². The molecular weight excluding hydrogens is 421 g/mol. The van der Waals surface area contributed by atoms with Gasteiger partial charge in [-0.15, -0.1) is 0 Å². The second kappa shape index (κ2) is 12.5. The first-order chi connectivity index (χ1) is 14.8. The van der Waals surface area contributed by atoms with Gasteiger partial charge in [-0.2, -0.15) is 0 Å². The van der Waals surface area contributed by atoms with Crippen LogP contribution in [0.4, 0.5) is 0 Å². The Morgan fingerprint density at radius 2 is 1.78 bits per heavy atom. The zero-order chi connectivity index (χ0) is 22.4. The summed E-state index contributed by atoms with van der Waals surface area (Å²) in [5.41, 5.74) is 1.16. The Hall–Kier alpha value is -1.71. The number of aliphatic carboxylic acids is 1. The molecule has 0 aliphatic carbocycles. The van der Waals surface area contributed by atoms with E-state index < -0.39 is 30.1 Å². The van der Waals surface area contributed by atoms with Gasteiger partial charge in [0.25, 0.3) is 5.91 Å². The van der Waals surface area contributed by atoms with Crippen LogP contribution in [0.1, 0.15) is 25.8 Å². The Kier molecular flexibility index (Phi) is 10.4. The Balaban J connectivity index is 0.00000363. The number of carbonyl (C=O) groups is 3. The molecule has 2 amide bonds. The molecule has 0 radical (unpaired) electrons. The van der Waals surface area contributed by atoms with Gasteiger partial charge >= 0.3 is 29.6 Å². The van der Waals surface area contributed by atoms with E-state index in [9.17, 15) is 19.5 Å². The van der Waals surface area contributed by atoms with Gasteiger partial charge in [-0.25, -0.2) is 0 Å². The van der Waals surface area contributed by atoms with E-state index >= 15 is 0 Å². The van der Waals surface area contributed by atoms with Crippen molar-refractivity contribution in [1.29, 1.82) is 0 Å². The molecule has 8 nitrogen and oxygen atoms in total. The maximum absolute atomic E-state index is 13.0. The standard InChI is InChI=1S/C23H31N3O5.Na/c1-16(2)15-18(24-21(27)19-20(31-19)23(29)30)22(28)26-13-11-25(12-14-26)10-6-9-17-7-4-3-5-8-17;/h3-9,16,18-20H,10-15H2,1-2H3,(H,24,27)(H,29,30);/q;+1/p-1/t18-,19-,20-;/m0./s1. The Morgan fingerprint density at radius 3 is 2.34 bits per heavy atom. The molecule has 2 aliphatic rings. The van der Waals surface area contributed by atoms with Gasteiger partial charge in [0.05, 0.1) is 5.97 Å². The van der Waals surface area contributed by atoms with Gasteiger partial charge in [0, 0.05) is 32.7 Å². The predicted molar refractivity (Wildman–Crippen MR) is 114 cm³/mol. The molecule has 0 bridgehead atoms. The summed E-state index contributed by atoms with van der Waals surface area (Å²) in [6.07, 6.45) is 2.40. The van der Waals surface area contributed by atoms with Crippen LogP contribution < -0.4 is 40.0 Å². The monoisotopic (exact) mass is 451 g/mol. The molecule has 0 spiro atoms. The van der Waals surface area contributed by atoms with Crippen LogP contribution in [-0.4, -0.2) is 78.6 Å². The SMILES string of the molecule is CC(C)C[C@H](NC(=O)[C@H]1O[C@@H]1C(=O)[O-])C(=O)N1CCN(CC=Cc2ccccc2)CC1.[Na+]. The van der Waals surface area contributed by atoms with Crippen molar-refractivity contribution in [2.45, 2.75) is 38.5 Å². The Labute approximate surface area is 211 Å². The van der Waals surface area contributed by atoms with Crippen LogP contribution in [0.5, 0.6) is 0 Å². The van der Waals surface area contributed by atoms with E-state index in [0.29, 0.717) is 19.5 Å². The molecular formula is C23H30N3NaO5. The minimum absolute atomic E-state index is 0. The van der Waals surface area contributed by atoms with Crippen molar-refractivity contribution >= 4 is 23.9 Å². The average Bonchev–Trinajstić information content (AvgIpc) is 3.55. The zero-order valence-electron chi connectivity index (χ0n) is 19.0. The number of carboxylic acids is 1. The summed E-state index contributed by atoms with van der Waals surface area (Å²) in [6, 6.07) is 9.41. The molecule has 9 heteroatoms. The normalized spacial score (nSPS) is 21.8. The van der Waals surface area contributed by atoms with Gasteiger partial charge in [0.1, 0.15) is 12.1 Å². The van der Waals surface area contributed by atoms with E-state index in [1.165, 1.54) is 0 Å². The summed E-state index contributed by atoms with van der Waals surface area (Å²) < 4.78 is 4.84. The van der Waals surface area contributed by atoms with Gasteiger partial charge < -0.3 is 24.9 Å². The molecule has 32 heavy (non-hydrogen) atoms. The van der Waals surface area contributed by atoms with Crippen LogP contribution in [0.3, 0.4) is 0 Å². The number of amides is 2. The number of piperazine rings is 1. The number of benzene rings is 1. The largest absolute Gasteiger partial charge is 1.00 e. The minimum atomic E-state index is -1.41. The number of epoxide rings is 1. The smallest absolute Gasteiger partial charge is 0.547 e. The summed E-state index contributed by atoms with van der Waals surface area (Å²) >= 11 is 0. The summed E-state index contributed by atoms with van der Waals surface area (Å²) in [6.45, 7) is 7.44. The number of rotatable bonds is 9. The van der Waals surface area contributed by atoms with Crippen molar-refractivity contribution < 1.29 is 53.8 Å². The quantitative estimate of drug-likeness (QED) is 0.315. The average molecular weight is 451 g/mol. The number of nitrogens with one attached hydrogen (secondary N) is 1. The predicted octanol–water partition coefficient (Wildman–Crippen LogP) is -3.10. The molecule has 2 aliphatic heterocycles. The third-order valence-electron chi connectivity index (χ3n) is 5.46. The molecule has 1 N–H and O–H groups in total. The van der Waals surface area contributed by atoms with E-state index in [2.05, 4.69) is 34.5 Å². The fourth-order valence-electron chi connectivity index (χ4n) is 3.71. The number of carboxylic acid groups (broad SMARTS) is 1. The van der Waals surface area contributed by atoms with E-state index in [1.54, 1.807) is 4.90 Å². The van der Waals surface area contributed by atoms with Gasteiger partial charge in [-0.3, -0.25) is 14.5 Å². The second-order valence-corrected chi connectivity index (χ2v) is 8.43. The second-order valence-electron chi connectivity index (χ2n) is 8.43. The number of nitrogens with zero attached hydrogens (tertiary/aromatic N) is 2. The topological polar surface area (TPSA) is 105 Å². The van der Waals surface area contributed by atoms with E-state index in [4.69, 9.17) is 4.74 Å². The maximum atomic E-state index is 13.0. The van der Waals surface area contributed by atoms with Crippen molar-refractivity contribution in [3.8, 4) is 0 Å². The summed E-state index contributed by atoms with van der Waals surface area (Å²) in [5, 5.41) is 13.5. The maximum Gasteiger partial charge on any atom is 1.00 e. The Morgan fingerprint density at radius 1 is 1.12 bits per heavy atom. The molecule has 0 saturated carbocycles.